The van der Waals surface area contributed by atoms with Crippen LogP contribution in [0.5, 0.6) is 0 Å². The standard InChI is InChI=1S/C49H87NO8/c1-6-8-10-12-14-15-16-17-18-19-20-21-22-23-24-25-26-27-28-29-30-31-32-33-34-36-38-40-47(52)58-45(43-56-46(51)39-37-35-13-11-9-7-2)44-57-49(48(53)54)55-42-41-50(3,4)5/h8,10,14-15,17-18,20-21,45,49H,6-7,9,11-13,16,19,22-44H2,1-5H3/p+1/b10-8-,15-14-,18-17-,21-20-. The third-order valence-electron chi connectivity index (χ3n) is 9.85. The Morgan fingerprint density at radius 3 is 1.47 bits per heavy atom. The molecular formula is C49H88NO8+. The molecule has 0 rings (SSSR count). The molecule has 336 valence electrons. The predicted octanol–water partition coefficient (Wildman–Crippen LogP) is 12.4. The van der Waals surface area contributed by atoms with Crippen molar-refractivity contribution in [1.82, 2.24) is 0 Å². The lowest BCUT2D eigenvalue weighted by Crippen LogP contribution is -2.40. The second-order valence-corrected chi connectivity index (χ2v) is 16.7. The minimum absolute atomic E-state index is 0.182. The molecular weight excluding hydrogens is 731 g/mol. The van der Waals surface area contributed by atoms with Crippen molar-refractivity contribution in [3.8, 4) is 0 Å². The Hall–Kier alpha value is -2.75. The molecule has 1 N–H and O–H groups in total. The van der Waals surface area contributed by atoms with Gasteiger partial charge >= 0.3 is 17.9 Å². The first-order valence-corrected chi connectivity index (χ1v) is 23.3. The van der Waals surface area contributed by atoms with Gasteiger partial charge in [0, 0.05) is 12.8 Å². The number of carbonyl (C=O) groups excluding carboxylic acids is 2. The first-order chi connectivity index (χ1) is 28.1. The molecule has 0 fully saturated rings. The fourth-order valence-electron chi connectivity index (χ4n) is 6.24. The van der Waals surface area contributed by atoms with E-state index in [1.165, 1.54) is 96.3 Å². The lowest BCUT2D eigenvalue weighted by atomic mass is 10.0. The summed E-state index contributed by atoms with van der Waals surface area (Å²) in [6.07, 6.45) is 45.0. The van der Waals surface area contributed by atoms with E-state index in [1.807, 2.05) is 21.1 Å². The van der Waals surface area contributed by atoms with Crippen LogP contribution in [0.1, 0.15) is 187 Å². The van der Waals surface area contributed by atoms with Gasteiger partial charge in [-0.05, 0) is 51.4 Å². The van der Waals surface area contributed by atoms with Crippen LogP contribution in [0.3, 0.4) is 0 Å². The van der Waals surface area contributed by atoms with E-state index >= 15 is 0 Å². The summed E-state index contributed by atoms with van der Waals surface area (Å²) in [7, 11) is 5.94. The third-order valence-corrected chi connectivity index (χ3v) is 9.85. The van der Waals surface area contributed by atoms with Gasteiger partial charge in [0.05, 0.1) is 34.4 Å². The summed E-state index contributed by atoms with van der Waals surface area (Å²) in [5.74, 6) is -2.02. The number of carboxylic acid groups (broad SMARTS) is 1. The number of quaternary nitrogens is 1. The zero-order chi connectivity index (χ0) is 42.8. The number of hydrogen-bond acceptors (Lipinski definition) is 7. The molecule has 0 amide bonds. The molecule has 0 aliphatic rings. The lowest BCUT2D eigenvalue weighted by Gasteiger charge is -2.25. The molecule has 0 aromatic heterocycles. The first-order valence-electron chi connectivity index (χ1n) is 23.3. The molecule has 0 radical (unpaired) electrons. The minimum atomic E-state index is -1.51. The molecule has 9 nitrogen and oxygen atoms in total. The number of nitrogens with zero attached hydrogens (tertiary/aromatic N) is 1. The SMILES string of the molecule is CC/C=C\C/C=C\C/C=C\C/C=C\CCCCCCCCCCCCCCCCC(=O)OC(COC(=O)CCCCCCCC)COC(OCC[N+](C)(C)C)C(=O)O. The van der Waals surface area contributed by atoms with Crippen molar-refractivity contribution in [2.75, 3.05) is 47.5 Å². The van der Waals surface area contributed by atoms with Crippen LogP contribution in [-0.4, -0.2) is 87.4 Å². The Bertz CT molecular complexity index is 1090. The topological polar surface area (TPSA) is 108 Å². The molecule has 58 heavy (non-hydrogen) atoms. The Balaban J connectivity index is 4.11. The number of hydrogen-bond donors (Lipinski definition) is 1. The van der Waals surface area contributed by atoms with Crippen molar-refractivity contribution in [3.63, 3.8) is 0 Å². The predicted molar refractivity (Wildman–Crippen MR) is 240 cm³/mol. The summed E-state index contributed by atoms with van der Waals surface area (Å²) in [6.45, 7) is 4.69. The highest BCUT2D eigenvalue weighted by Gasteiger charge is 2.25. The number of allylic oxidation sites excluding steroid dienone is 8. The van der Waals surface area contributed by atoms with E-state index in [1.54, 1.807) is 0 Å². The van der Waals surface area contributed by atoms with Crippen LogP contribution < -0.4 is 0 Å². The maximum Gasteiger partial charge on any atom is 0.361 e. The summed E-state index contributed by atoms with van der Waals surface area (Å²) >= 11 is 0. The van der Waals surface area contributed by atoms with Gasteiger partial charge in [0.15, 0.2) is 6.10 Å². The van der Waals surface area contributed by atoms with Crippen molar-refractivity contribution in [3.05, 3.63) is 48.6 Å². The summed E-state index contributed by atoms with van der Waals surface area (Å²) < 4.78 is 22.6. The molecule has 0 aromatic rings. The van der Waals surface area contributed by atoms with E-state index in [0.29, 0.717) is 17.4 Å². The van der Waals surface area contributed by atoms with Gasteiger partial charge in [0.2, 0.25) is 0 Å². The number of carbonyl (C=O) groups is 3. The Labute approximate surface area is 355 Å². The molecule has 0 saturated heterocycles. The molecule has 2 unspecified atom stereocenters. The van der Waals surface area contributed by atoms with Crippen molar-refractivity contribution < 1.29 is 42.9 Å². The van der Waals surface area contributed by atoms with Crippen LogP contribution in [0.15, 0.2) is 48.6 Å². The summed E-state index contributed by atoms with van der Waals surface area (Å²) in [5, 5.41) is 9.60. The largest absolute Gasteiger partial charge is 0.477 e. The second kappa shape index (κ2) is 41.0. The number of likely N-dealkylation sites (N-methyl/N-ethyl adjacent to an activating group) is 1. The average Bonchev–Trinajstić information content (AvgIpc) is 3.18. The van der Waals surface area contributed by atoms with Crippen molar-refractivity contribution in [2.45, 2.75) is 200 Å². The van der Waals surface area contributed by atoms with Gasteiger partial charge in [-0.2, -0.15) is 0 Å². The van der Waals surface area contributed by atoms with Crippen molar-refractivity contribution in [1.29, 1.82) is 0 Å². The number of esters is 2. The summed E-state index contributed by atoms with van der Waals surface area (Å²) in [5.41, 5.74) is 0. The number of rotatable bonds is 42. The van der Waals surface area contributed by atoms with E-state index in [4.69, 9.17) is 18.9 Å². The highest BCUT2D eigenvalue weighted by molar-refractivity contribution is 5.71. The van der Waals surface area contributed by atoms with Gasteiger partial charge in [-0.3, -0.25) is 9.59 Å². The molecule has 2 atom stereocenters. The molecule has 0 heterocycles. The quantitative estimate of drug-likeness (QED) is 0.0213. The van der Waals surface area contributed by atoms with Gasteiger partial charge in [-0.15, -0.1) is 0 Å². The number of unbranched alkanes of at least 4 members (excludes halogenated alkanes) is 19. The molecule has 0 aliphatic carbocycles. The maximum absolute atomic E-state index is 12.7. The average molecular weight is 819 g/mol. The third kappa shape index (κ3) is 41.4. The number of carboxylic acids is 1. The maximum atomic E-state index is 12.7. The van der Waals surface area contributed by atoms with Crippen molar-refractivity contribution >= 4 is 17.9 Å². The Morgan fingerprint density at radius 1 is 0.534 bits per heavy atom. The van der Waals surface area contributed by atoms with Gasteiger partial charge in [0.1, 0.15) is 13.2 Å². The number of ether oxygens (including phenoxy) is 4. The molecule has 0 saturated carbocycles. The summed E-state index contributed by atoms with van der Waals surface area (Å²) in [4.78, 5) is 36.9. The highest BCUT2D eigenvalue weighted by Crippen LogP contribution is 2.15. The van der Waals surface area contributed by atoms with Crippen molar-refractivity contribution in [2.24, 2.45) is 0 Å². The fraction of sp³-hybridized carbons (Fsp3) is 0.776. The van der Waals surface area contributed by atoms with E-state index in [0.717, 1.165) is 64.2 Å². The van der Waals surface area contributed by atoms with Crippen LogP contribution in [0.25, 0.3) is 0 Å². The summed E-state index contributed by atoms with van der Waals surface area (Å²) in [6, 6.07) is 0. The molecule has 9 heteroatoms. The van der Waals surface area contributed by atoms with E-state index < -0.39 is 24.3 Å². The fourth-order valence-corrected chi connectivity index (χ4v) is 6.24. The lowest BCUT2D eigenvalue weighted by molar-refractivity contribution is -0.870. The van der Waals surface area contributed by atoms with Gasteiger partial charge in [-0.25, -0.2) is 4.79 Å². The second-order valence-electron chi connectivity index (χ2n) is 16.7. The normalized spacial score (nSPS) is 13.3. The van der Waals surface area contributed by atoms with Crippen LogP contribution >= 0.6 is 0 Å². The van der Waals surface area contributed by atoms with Gasteiger partial charge < -0.3 is 28.5 Å². The number of aliphatic carboxylic acids is 1. The smallest absolute Gasteiger partial charge is 0.361 e. The highest BCUT2D eigenvalue weighted by atomic mass is 16.7. The molecule has 0 bridgehead atoms. The molecule has 0 aromatic carbocycles. The zero-order valence-corrected chi connectivity index (χ0v) is 37.9. The Morgan fingerprint density at radius 2 is 0.983 bits per heavy atom. The monoisotopic (exact) mass is 819 g/mol. The minimum Gasteiger partial charge on any atom is -0.477 e. The van der Waals surface area contributed by atoms with E-state index in [9.17, 15) is 19.5 Å². The molecule has 0 aliphatic heterocycles. The van der Waals surface area contributed by atoms with Crippen LogP contribution in [-0.2, 0) is 33.3 Å². The van der Waals surface area contributed by atoms with Crippen LogP contribution in [0.2, 0.25) is 0 Å². The van der Waals surface area contributed by atoms with E-state index in [2.05, 4.69) is 62.5 Å². The van der Waals surface area contributed by atoms with Crippen LogP contribution in [0.4, 0.5) is 0 Å². The van der Waals surface area contributed by atoms with Gasteiger partial charge in [-0.1, -0.05) is 172 Å². The zero-order valence-electron chi connectivity index (χ0n) is 37.9. The van der Waals surface area contributed by atoms with Gasteiger partial charge in [0.25, 0.3) is 6.29 Å². The molecule has 0 spiro atoms. The Kier molecular flexibility index (Phi) is 39.1. The van der Waals surface area contributed by atoms with E-state index in [-0.39, 0.29) is 32.2 Å². The van der Waals surface area contributed by atoms with Crippen LogP contribution in [0, 0.1) is 0 Å². The first kappa shape index (κ1) is 55.2.